The van der Waals surface area contributed by atoms with E-state index in [1.54, 1.807) is 0 Å². The average molecular weight is 171 g/mol. The van der Waals surface area contributed by atoms with Crippen molar-refractivity contribution in [2.24, 2.45) is 0 Å². The minimum atomic E-state index is 0.296. The lowest BCUT2D eigenvalue weighted by Gasteiger charge is -2.27. The molecule has 0 radical (unpaired) electrons. The lowest BCUT2D eigenvalue weighted by Crippen LogP contribution is -2.48. The monoisotopic (exact) mass is 171 g/mol. The first kappa shape index (κ1) is 11.5. The van der Waals surface area contributed by atoms with Crippen molar-refractivity contribution in [2.45, 2.75) is 25.4 Å². The number of likely N-dealkylation sites (N-methyl/N-ethyl adjacent to an activating group) is 3. The lowest BCUT2D eigenvalue weighted by atomic mass is 10.0. The van der Waals surface area contributed by atoms with Crippen molar-refractivity contribution in [3.63, 3.8) is 0 Å². The molecule has 0 heterocycles. The molecule has 3 nitrogen and oxygen atoms in total. The predicted octanol–water partition coefficient (Wildman–Crippen LogP) is 0.305. The Morgan fingerprint density at radius 3 is 2.08 bits per heavy atom. The highest BCUT2D eigenvalue weighted by Gasteiger charge is 2.18. The summed E-state index contributed by atoms with van der Waals surface area (Å²) in [6, 6.07) is 0.736. The molecule has 3 N–H and O–H groups in total. The maximum Gasteiger partial charge on any atom is 0.0616 e. The van der Waals surface area contributed by atoms with Gasteiger partial charge in [0.1, 0.15) is 0 Å². The molecule has 0 saturated carbocycles. The van der Waals surface area contributed by atoms with E-state index >= 15 is 0 Å². The first-order chi connectivity index (χ1) is 5.71. The second-order valence-corrected chi connectivity index (χ2v) is 2.85. The van der Waals surface area contributed by atoms with Gasteiger partial charge in [0.15, 0.2) is 0 Å². The van der Waals surface area contributed by atoms with Crippen molar-refractivity contribution in [1.29, 1.82) is 0 Å². The Balaban J connectivity index is 4.19. The molecule has 0 spiro atoms. The smallest absolute Gasteiger partial charge is 0.0616 e. The van der Waals surface area contributed by atoms with Gasteiger partial charge in [-0.25, -0.2) is 0 Å². The fourth-order valence-corrected chi connectivity index (χ4v) is 1.38. The summed E-state index contributed by atoms with van der Waals surface area (Å²) in [5.41, 5.74) is 1.03. The van der Waals surface area contributed by atoms with Gasteiger partial charge in [-0.3, -0.25) is 0 Å². The topological polar surface area (TPSA) is 36.1 Å². The summed E-state index contributed by atoms with van der Waals surface area (Å²) < 4.78 is 0. The Morgan fingerprint density at radius 1 is 1.25 bits per heavy atom. The van der Waals surface area contributed by atoms with Crippen molar-refractivity contribution < 1.29 is 0 Å². The molecular formula is C9H21N3. The van der Waals surface area contributed by atoms with Gasteiger partial charge in [0.2, 0.25) is 0 Å². The highest BCUT2D eigenvalue weighted by Crippen LogP contribution is 2.04. The molecule has 0 aromatic carbocycles. The highest BCUT2D eigenvalue weighted by atomic mass is 15.0. The van der Waals surface area contributed by atoms with Gasteiger partial charge in [-0.05, 0) is 20.5 Å². The molecule has 0 rings (SSSR count). The average Bonchev–Trinajstić information content (AvgIpc) is 2.12. The summed E-state index contributed by atoms with van der Waals surface area (Å²) in [6.07, 6.45) is 1.09. The van der Waals surface area contributed by atoms with Gasteiger partial charge in [0.05, 0.1) is 6.04 Å². The largest absolute Gasteiger partial charge is 0.391 e. The minimum absolute atomic E-state index is 0.296. The van der Waals surface area contributed by atoms with Crippen molar-refractivity contribution in [3.05, 3.63) is 12.3 Å². The molecule has 2 unspecified atom stereocenters. The molecule has 0 aliphatic rings. The van der Waals surface area contributed by atoms with Crippen LogP contribution in [-0.4, -0.2) is 33.2 Å². The fraction of sp³-hybridized carbons (Fsp3) is 0.778. The van der Waals surface area contributed by atoms with Crippen LogP contribution in [-0.2, 0) is 0 Å². The Kier molecular flexibility index (Phi) is 5.76. The minimum Gasteiger partial charge on any atom is -0.391 e. The third-order valence-corrected chi connectivity index (χ3v) is 2.22. The molecule has 0 aliphatic carbocycles. The lowest BCUT2D eigenvalue weighted by molar-refractivity contribution is 0.426. The van der Waals surface area contributed by atoms with Gasteiger partial charge in [-0.2, -0.15) is 0 Å². The van der Waals surface area contributed by atoms with Crippen LogP contribution >= 0.6 is 0 Å². The van der Waals surface area contributed by atoms with Crippen LogP contribution in [0.15, 0.2) is 12.3 Å². The van der Waals surface area contributed by atoms with Gasteiger partial charge in [0, 0.05) is 18.8 Å². The van der Waals surface area contributed by atoms with Crippen LogP contribution < -0.4 is 16.0 Å². The second-order valence-electron chi connectivity index (χ2n) is 2.85. The molecule has 0 aliphatic heterocycles. The standard InChI is InChI=1S/C9H21N3/c1-6-8(11-4)9(12-5)7(2)10-3/h8-12H,2,6H2,1,3-5H3. The van der Waals surface area contributed by atoms with E-state index in [0.29, 0.717) is 12.1 Å². The molecule has 72 valence electrons. The Labute approximate surface area is 75.6 Å². The van der Waals surface area contributed by atoms with E-state index in [9.17, 15) is 0 Å². The van der Waals surface area contributed by atoms with Crippen molar-refractivity contribution >= 4 is 0 Å². The molecule has 0 bridgehead atoms. The predicted molar refractivity (Wildman–Crippen MR) is 54.2 cm³/mol. The summed E-state index contributed by atoms with van der Waals surface area (Å²) in [5, 5.41) is 9.55. The Hall–Kier alpha value is -0.540. The van der Waals surface area contributed by atoms with Crippen LogP contribution in [0.2, 0.25) is 0 Å². The molecule has 2 atom stereocenters. The highest BCUT2D eigenvalue weighted by molar-refractivity contribution is 5.06. The number of nitrogens with one attached hydrogen (secondary N) is 3. The third kappa shape index (κ3) is 2.83. The summed E-state index contributed by atoms with van der Waals surface area (Å²) >= 11 is 0. The summed E-state index contributed by atoms with van der Waals surface area (Å²) in [7, 11) is 5.82. The van der Waals surface area contributed by atoms with E-state index < -0.39 is 0 Å². The second kappa shape index (κ2) is 6.03. The molecule has 0 aromatic heterocycles. The zero-order chi connectivity index (χ0) is 9.56. The van der Waals surface area contributed by atoms with Crippen molar-refractivity contribution in [3.8, 4) is 0 Å². The van der Waals surface area contributed by atoms with E-state index in [1.807, 2.05) is 21.1 Å². The van der Waals surface area contributed by atoms with Gasteiger partial charge < -0.3 is 16.0 Å². The van der Waals surface area contributed by atoms with Crippen LogP contribution in [0.5, 0.6) is 0 Å². The Morgan fingerprint density at radius 2 is 1.83 bits per heavy atom. The number of hydrogen-bond acceptors (Lipinski definition) is 3. The van der Waals surface area contributed by atoms with Crippen LogP contribution in [0, 0.1) is 0 Å². The maximum absolute atomic E-state index is 3.95. The first-order valence-corrected chi connectivity index (χ1v) is 4.42. The van der Waals surface area contributed by atoms with Gasteiger partial charge in [-0.15, -0.1) is 0 Å². The van der Waals surface area contributed by atoms with Crippen LogP contribution in [0.3, 0.4) is 0 Å². The molecule has 0 fully saturated rings. The summed E-state index contributed by atoms with van der Waals surface area (Å²) in [6.45, 7) is 6.11. The molecule has 3 heteroatoms. The van der Waals surface area contributed by atoms with E-state index in [4.69, 9.17) is 0 Å². The molecular weight excluding hydrogens is 150 g/mol. The normalized spacial score (nSPS) is 15.3. The number of hydrogen-bond donors (Lipinski definition) is 3. The zero-order valence-corrected chi connectivity index (χ0v) is 8.57. The van der Waals surface area contributed by atoms with E-state index in [-0.39, 0.29) is 0 Å². The van der Waals surface area contributed by atoms with E-state index in [1.165, 1.54) is 0 Å². The van der Waals surface area contributed by atoms with Crippen LogP contribution in [0.4, 0.5) is 0 Å². The molecule has 0 amide bonds. The first-order valence-electron chi connectivity index (χ1n) is 4.42. The van der Waals surface area contributed by atoms with Crippen molar-refractivity contribution in [1.82, 2.24) is 16.0 Å². The van der Waals surface area contributed by atoms with E-state index in [0.717, 1.165) is 12.1 Å². The van der Waals surface area contributed by atoms with Gasteiger partial charge in [-0.1, -0.05) is 13.5 Å². The SMILES string of the molecule is C=C(NC)C(NC)C(CC)NC. The number of rotatable bonds is 6. The fourth-order valence-electron chi connectivity index (χ4n) is 1.38. The summed E-state index contributed by atoms with van der Waals surface area (Å²) in [5.74, 6) is 0. The van der Waals surface area contributed by atoms with Crippen molar-refractivity contribution in [2.75, 3.05) is 21.1 Å². The summed E-state index contributed by atoms with van der Waals surface area (Å²) in [4.78, 5) is 0. The third-order valence-electron chi connectivity index (χ3n) is 2.22. The van der Waals surface area contributed by atoms with Crippen LogP contribution in [0.1, 0.15) is 13.3 Å². The molecule has 0 aromatic rings. The Bertz CT molecular complexity index is 130. The van der Waals surface area contributed by atoms with Crippen LogP contribution in [0.25, 0.3) is 0 Å². The van der Waals surface area contributed by atoms with Gasteiger partial charge >= 0.3 is 0 Å². The van der Waals surface area contributed by atoms with E-state index in [2.05, 4.69) is 29.5 Å². The zero-order valence-electron chi connectivity index (χ0n) is 8.57. The maximum atomic E-state index is 3.95. The molecule has 0 saturated heterocycles. The molecule has 12 heavy (non-hydrogen) atoms. The van der Waals surface area contributed by atoms with Gasteiger partial charge in [0.25, 0.3) is 0 Å². The quantitative estimate of drug-likeness (QED) is 0.538.